The van der Waals surface area contributed by atoms with Crippen LogP contribution < -0.4 is 5.46 Å². The Kier molecular flexibility index (Phi) is 3.92. The molecule has 0 bridgehead atoms. The predicted molar refractivity (Wildman–Crippen MR) is 82.7 cm³/mol. The largest absolute Gasteiger partial charge is 0.463 e. The molecule has 4 nitrogen and oxygen atoms in total. The number of rotatable bonds is 4. The molecule has 0 amide bonds. The molecule has 0 aliphatic carbocycles. The Labute approximate surface area is 120 Å². The van der Waals surface area contributed by atoms with Crippen molar-refractivity contribution in [3.63, 3.8) is 0 Å². The summed E-state index contributed by atoms with van der Waals surface area (Å²) in [4.78, 5) is 1.58. The van der Waals surface area contributed by atoms with Crippen LogP contribution in [0.2, 0.25) is 0 Å². The summed E-state index contributed by atoms with van der Waals surface area (Å²) in [7, 11) is -7.47. The molecule has 2 aromatic heterocycles. The molecule has 0 unspecified atom stereocenters. The van der Waals surface area contributed by atoms with Crippen LogP contribution in [0, 0.1) is 0 Å². The second-order valence-electron chi connectivity index (χ2n) is 4.17. The summed E-state index contributed by atoms with van der Waals surface area (Å²) in [5.41, 5.74) is 0.345. The van der Waals surface area contributed by atoms with Crippen molar-refractivity contribution in [2.75, 3.05) is 12.5 Å². The van der Waals surface area contributed by atoms with Crippen molar-refractivity contribution in [3.8, 4) is 9.75 Å². The molecular formula is C10H11BO4S4. The zero-order valence-electron chi connectivity index (χ0n) is 10.2. The van der Waals surface area contributed by atoms with Gasteiger partial charge in [0, 0.05) is 22.3 Å². The van der Waals surface area contributed by atoms with E-state index in [1.807, 2.05) is 17.5 Å². The number of hydrogen-bond donors (Lipinski definition) is 0. The van der Waals surface area contributed by atoms with E-state index in [0.717, 1.165) is 17.4 Å². The first kappa shape index (κ1) is 14.8. The first-order chi connectivity index (χ1) is 8.71. The second-order valence-corrected chi connectivity index (χ2v) is 10.6. The molecule has 2 heterocycles. The summed E-state index contributed by atoms with van der Waals surface area (Å²) in [5.74, 6) is 0. The van der Waals surface area contributed by atoms with Crippen molar-refractivity contribution in [1.29, 1.82) is 0 Å². The van der Waals surface area contributed by atoms with Crippen molar-refractivity contribution in [3.05, 3.63) is 29.0 Å². The summed E-state index contributed by atoms with van der Waals surface area (Å²) in [6.07, 6.45) is 1.91. The Bertz CT molecular complexity index is 739. The summed E-state index contributed by atoms with van der Waals surface area (Å²) in [6, 6.07) is 5.27. The third-order valence-electron chi connectivity index (χ3n) is 2.47. The van der Waals surface area contributed by atoms with Crippen LogP contribution in [-0.4, -0.2) is 34.6 Å². The highest BCUT2D eigenvalue weighted by Gasteiger charge is 2.42. The zero-order chi connectivity index (χ0) is 14.3. The van der Waals surface area contributed by atoms with Crippen molar-refractivity contribution in [1.82, 2.24) is 0 Å². The minimum Gasteiger partial charge on any atom is -0.239 e. The van der Waals surface area contributed by atoms with Gasteiger partial charge in [-0.3, -0.25) is 0 Å². The second kappa shape index (κ2) is 5.04. The van der Waals surface area contributed by atoms with Crippen LogP contribution in [0.1, 0.15) is 0 Å². The lowest BCUT2D eigenvalue weighted by Gasteiger charge is -2.09. The molecule has 0 saturated carbocycles. The SMILES string of the molecule is CS(=O)(=O)B(c1ccsc1-c1cccs1)S(C)(=O)=O. The molecule has 2 aromatic rings. The molecule has 0 aliphatic rings. The van der Waals surface area contributed by atoms with E-state index in [0.29, 0.717) is 10.3 Å². The van der Waals surface area contributed by atoms with Gasteiger partial charge in [-0.2, -0.15) is 0 Å². The lowest BCUT2D eigenvalue weighted by molar-refractivity contribution is 0.610. The average molecular weight is 334 g/mol. The van der Waals surface area contributed by atoms with E-state index >= 15 is 0 Å². The third kappa shape index (κ3) is 3.10. The molecule has 0 aromatic carbocycles. The Hall–Kier alpha value is -0.635. The molecule has 9 heteroatoms. The maximum atomic E-state index is 11.8. The average Bonchev–Trinajstić information content (AvgIpc) is 2.80. The Morgan fingerprint density at radius 1 is 0.947 bits per heavy atom. The Morgan fingerprint density at radius 2 is 1.58 bits per heavy atom. The number of hydrogen-bond acceptors (Lipinski definition) is 6. The van der Waals surface area contributed by atoms with E-state index in [1.54, 1.807) is 11.4 Å². The summed E-state index contributed by atoms with van der Waals surface area (Å²) < 4.78 is 47.3. The van der Waals surface area contributed by atoms with Crippen molar-refractivity contribution < 1.29 is 16.8 Å². The van der Waals surface area contributed by atoms with Gasteiger partial charge in [-0.1, -0.05) is 12.1 Å². The van der Waals surface area contributed by atoms with Crippen LogP contribution in [0.4, 0.5) is 0 Å². The molecule has 0 saturated heterocycles. The normalized spacial score (nSPS) is 12.5. The van der Waals surface area contributed by atoms with E-state index in [1.165, 1.54) is 22.7 Å². The van der Waals surface area contributed by atoms with Crippen molar-refractivity contribution in [2.45, 2.75) is 0 Å². The molecule has 0 fully saturated rings. The minimum atomic E-state index is -3.74. The Balaban J connectivity index is 2.67. The van der Waals surface area contributed by atoms with E-state index in [4.69, 9.17) is 0 Å². The van der Waals surface area contributed by atoms with Gasteiger partial charge in [0.05, 0.1) is 0 Å². The first-order valence-corrected chi connectivity index (χ1v) is 10.9. The predicted octanol–water partition coefficient (Wildman–Crippen LogP) is 1.26. The van der Waals surface area contributed by atoms with E-state index in [-0.39, 0.29) is 0 Å². The highest BCUT2D eigenvalue weighted by Crippen LogP contribution is 2.28. The summed E-state index contributed by atoms with van der Waals surface area (Å²) >= 11 is 2.80. The smallest absolute Gasteiger partial charge is 0.239 e. The highest BCUT2D eigenvalue weighted by molar-refractivity contribution is 8.48. The fourth-order valence-corrected chi connectivity index (χ4v) is 7.73. The van der Waals surface area contributed by atoms with Crippen LogP contribution in [0.5, 0.6) is 0 Å². The van der Waals surface area contributed by atoms with E-state index < -0.39 is 24.6 Å². The van der Waals surface area contributed by atoms with Gasteiger partial charge in [0.2, 0.25) is 0 Å². The molecule has 0 aliphatic heterocycles. The Morgan fingerprint density at radius 3 is 2.05 bits per heavy atom. The van der Waals surface area contributed by atoms with E-state index in [2.05, 4.69) is 0 Å². The summed E-state index contributed by atoms with van der Waals surface area (Å²) in [6.45, 7) is 0. The van der Waals surface area contributed by atoms with Gasteiger partial charge in [-0.25, -0.2) is 16.8 Å². The molecule has 19 heavy (non-hydrogen) atoms. The minimum absolute atomic E-state index is 0.345. The maximum absolute atomic E-state index is 11.8. The third-order valence-corrected chi connectivity index (χ3v) is 8.61. The molecule has 0 atom stereocenters. The van der Waals surface area contributed by atoms with Crippen molar-refractivity contribution >= 4 is 52.8 Å². The fraction of sp³-hybridized carbons (Fsp3) is 0.200. The summed E-state index contributed by atoms with van der Waals surface area (Å²) in [5, 5.41) is 2.09. The highest BCUT2D eigenvalue weighted by atomic mass is 32.3. The van der Waals surface area contributed by atoms with Crippen LogP contribution in [0.15, 0.2) is 29.0 Å². The molecule has 2 rings (SSSR count). The maximum Gasteiger partial charge on any atom is 0.463 e. The van der Waals surface area contributed by atoms with Crippen molar-refractivity contribution in [2.24, 2.45) is 0 Å². The van der Waals surface area contributed by atoms with Crippen LogP contribution in [-0.2, 0) is 19.4 Å². The molecule has 102 valence electrons. The first-order valence-electron chi connectivity index (χ1n) is 5.20. The fourth-order valence-electron chi connectivity index (χ4n) is 1.89. The van der Waals surface area contributed by atoms with Gasteiger partial charge < -0.3 is 0 Å². The van der Waals surface area contributed by atoms with Gasteiger partial charge in [-0.15, -0.1) is 22.7 Å². The van der Waals surface area contributed by atoms with Gasteiger partial charge in [0.1, 0.15) is 19.4 Å². The lowest BCUT2D eigenvalue weighted by Crippen LogP contribution is -2.45. The molecular weight excluding hydrogens is 323 g/mol. The van der Waals surface area contributed by atoms with Gasteiger partial charge in [0.15, 0.2) is 0 Å². The van der Waals surface area contributed by atoms with E-state index in [9.17, 15) is 16.8 Å². The van der Waals surface area contributed by atoms with Crippen LogP contribution in [0.25, 0.3) is 9.75 Å². The molecule has 0 radical (unpaired) electrons. The topological polar surface area (TPSA) is 68.3 Å². The standard InChI is InChI=1S/C10H11BO4S4/c1-18(12,13)11(19(2,14)15)8-5-7-17-10(8)9-4-3-6-16-9/h3-7H,1-2H3. The quantitative estimate of drug-likeness (QED) is 0.790. The lowest BCUT2D eigenvalue weighted by atomic mass is 9.92. The monoisotopic (exact) mass is 334 g/mol. The van der Waals surface area contributed by atoms with Gasteiger partial charge >= 0.3 is 5.27 Å². The van der Waals surface area contributed by atoms with Crippen LogP contribution in [0.3, 0.4) is 0 Å². The van der Waals surface area contributed by atoms with Gasteiger partial charge in [-0.05, 0) is 22.3 Å². The molecule has 0 N–H and O–H groups in total. The number of thiophene rings is 2. The molecule has 0 spiro atoms. The van der Waals surface area contributed by atoms with Crippen LogP contribution >= 0.6 is 22.7 Å². The van der Waals surface area contributed by atoms with Gasteiger partial charge in [0.25, 0.3) is 0 Å². The zero-order valence-corrected chi connectivity index (χ0v) is 13.5.